The van der Waals surface area contributed by atoms with Crippen LogP contribution in [0.1, 0.15) is 28.9 Å². The Morgan fingerprint density at radius 3 is 2.77 bits per heavy atom. The molecule has 0 saturated heterocycles. The summed E-state index contributed by atoms with van der Waals surface area (Å²) in [4.78, 5) is 6.31. The van der Waals surface area contributed by atoms with Gasteiger partial charge in [-0.15, -0.1) is 0 Å². The van der Waals surface area contributed by atoms with Crippen LogP contribution in [-0.2, 0) is 26.7 Å². The van der Waals surface area contributed by atoms with Crippen LogP contribution in [-0.4, -0.2) is 35.9 Å². The van der Waals surface area contributed by atoms with E-state index in [1.165, 1.54) is 6.07 Å². The van der Waals surface area contributed by atoms with Gasteiger partial charge in [0.25, 0.3) is 0 Å². The third-order valence-corrected chi connectivity index (χ3v) is 4.67. The molecule has 4 rings (SSSR count). The molecule has 0 spiro atoms. The molecule has 0 bridgehead atoms. The Bertz CT molecular complexity index is 936. The van der Waals surface area contributed by atoms with Crippen LogP contribution in [0.3, 0.4) is 0 Å². The molecule has 8 heteroatoms. The summed E-state index contributed by atoms with van der Waals surface area (Å²) in [6.07, 6.45) is 2.53. The van der Waals surface area contributed by atoms with Gasteiger partial charge in [-0.25, -0.2) is 13.8 Å². The van der Waals surface area contributed by atoms with Crippen LogP contribution < -0.4 is 0 Å². The van der Waals surface area contributed by atoms with E-state index in [0.29, 0.717) is 31.2 Å². The summed E-state index contributed by atoms with van der Waals surface area (Å²) < 4.78 is 30.1. The van der Waals surface area contributed by atoms with Crippen molar-refractivity contribution >= 4 is 0 Å². The van der Waals surface area contributed by atoms with Crippen LogP contribution in [0.5, 0.6) is 0 Å². The number of fused-ring (bicyclic) bond motifs is 1. The van der Waals surface area contributed by atoms with Crippen molar-refractivity contribution in [2.45, 2.75) is 25.7 Å². The first-order valence-electron chi connectivity index (χ1n) is 8.39. The van der Waals surface area contributed by atoms with Crippen LogP contribution in [0.15, 0.2) is 36.7 Å². The molecule has 1 aliphatic heterocycles. The van der Waals surface area contributed by atoms with Gasteiger partial charge >= 0.3 is 0 Å². The lowest BCUT2D eigenvalue weighted by Crippen LogP contribution is -2.33. The molecule has 0 saturated carbocycles. The van der Waals surface area contributed by atoms with Gasteiger partial charge < -0.3 is 9.67 Å². The number of halogens is 2. The second-order valence-electron chi connectivity index (χ2n) is 6.54. The highest BCUT2D eigenvalue weighted by molar-refractivity contribution is 5.21. The summed E-state index contributed by atoms with van der Waals surface area (Å²) in [7, 11) is 1.82. The SMILES string of the molecule is Cn1ccnc1[C@H](O)c1cc2n(n1)CCN(Cc1ccc(F)c(F)c1)C2. The fraction of sp³-hybridized carbons (Fsp3) is 0.333. The smallest absolute Gasteiger partial charge is 0.159 e. The standard InChI is InChI=1S/C18H19F2N5O/c1-23-5-4-21-18(23)17(26)16-9-13-11-24(6-7-25(13)22-16)10-12-2-3-14(19)15(20)8-12/h2-5,8-9,17,26H,6-7,10-11H2,1H3/t17-/m1/s1. The van der Waals surface area contributed by atoms with Crippen LogP contribution in [0, 0.1) is 11.6 Å². The minimum atomic E-state index is -0.882. The minimum Gasteiger partial charge on any atom is -0.379 e. The van der Waals surface area contributed by atoms with Gasteiger partial charge in [0, 0.05) is 39.1 Å². The highest BCUT2D eigenvalue weighted by Crippen LogP contribution is 2.23. The maximum Gasteiger partial charge on any atom is 0.159 e. The first-order valence-corrected chi connectivity index (χ1v) is 8.39. The van der Waals surface area contributed by atoms with Gasteiger partial charge in [0.15, 0.2) is 17.7 Å². The lowest BCUT2D eigenvalue weighted by atomic mass is 10.1. The molecule has 0 aliphatic carbocycles. The predicted octanol–water partition coefficient (Wildman–Crippen LogP) is 1.99. The second kappa shape index (κ2) is 6.62. The lowest BCUT2D eigenvalue weighted by Gasteiger charge is -2.27. The number of nitrogens with zero attached hydrogens (tertiary/aromatic N) is 5. The van der Waals surface area contributed by atoms with Crippen molar-refractivity contribution in [2.75, 3.05) is 6.54 Å². The van der Waals surface area contributed by atoms with Crippen LogP contribution in [0.25, 0.3) is 0 Å². The first kappa shape index (κ1) is 16.9. The summed E-state index contributed by atoms with van der Waals surface area (Å²) >= 11 is 0. The molecule has 0 amide bonds. The number of rotatable bonds is 4. The topological polar surface area (TPSA) is 59.1 Å². The van der Waals surface area contributed by atoms with E-state index in [1.807, 2.05) is 17.8 Å². The third kappa shape index (κ3) is 3.13. The van der Waals surface area contributed by atoms with Crippen molar-refractivity contribution < 1.29 is 13.9 Å². The van der Waals surface area contributed by atoms with Crippen molar-refractivity contribution in [1.29, 1.82) is 0 Å². The van der Waals surface area contributed by atoms with Gasteiger partial charge in [-0.3, -0.25) is 9.58 Å². The fourth-order valence-corrected chi connectivity index (χ4v) is 3.28. The van der Waals surface area contributed by atoms with E-state index < -0.39 is 17.7 Å². The molecule has 1 aliphatic rings. The highest BCUT2D eigenvalue weighted by Gasteiger charge is 2.24. The normalized spacial score (nSPS) is 15.8. The van der Waals surface area contributed by atoms with Crippen molar-refractivity contribution in [3.63, 3.8) is 0 Å². The zero-order valence-electron chi connectivity index (χ0n) is 14.3. The van der Waals surface area contributed by atoms with Crippen molar-refractivity contribution in [2.24, 2.45) is 7.05 Å². The highest BCUT2D eigenvalue weighted by atomic mass is 19.2. The van der Waals surface area contributed by atoms with E-state index >= 15 is 0 Å². The molecule has 2 aromatic heterocycles. The molecule has 26 heavy (non-hydrogen) atoms. The van der Waals surface area contributed by atoms with E-state index in [1.54, 1.807) is 23.0 Å². The van der Waals surface area contributed by atoms with Crippen molar-refractivity contribution in [3.8, 4) is 0 Å². The number of benzene rings is 1. The molecule has 0 radical (unpaired) electrons. The van der Waals surface area contributed by atoms with Crippen LogP contribution in [0.4, 0.5) is 8.78 Å². The predicted molar refractivity (Wildman–Crippen MR) is 90.0 cm³/mol. The molecular weight excluding hydrogens is 340 g/mol. The molecule has 1 atom stereocenters. The zero-order valence-corrected chi connectivity index (χ0v) is 14.3. The van der Waals surface area contributed by atoms with E-state index in [-0.39, 0.29) is 0 Å². The van der Waals surface area contributed by atoms with E-state index in [4.69, 9.17) is 0 Å². The molecule has 6 nitrogen and oxygen atoms in total. The largest absolute Gasteiger partial charge is 0.379 e. The number of aromatic nitrogens is 4. The van der Waals surface area contributed by atoms with Crippen LogP contribution in [0.2, 0.25) is 0 Å². The number of imidazole rings is 1. The summed E-state index contributed by atoms with van der Waals surface area (Å²) in [5.74, 6) is -1.12. The van der Waals surface area contributed by atoms with Gasteiger partial charge in [0.1, 0.15) is 5.82 Å². The number of aliphatic hydroxyl groups excluding tert-OH is 1. The number of aryl methyl sites for hydroxylation is 1. The molecule has 3 aromatic rings. The first-order chi connectivity index (χ1) is 12.5. The Hall–Kier alpha value is -2.58. The zero-order chi connectivity index (χ0) is 18.3. The Kier molecular flexibility index (Phi) is 4.29. The maximum absolute atomic E-state index is 13.4. The number of hydrogen-bond acceptors (Lipinski definition) is 4. The molecule has 0 fully saturated rings. The quantitative estimate of drug-likeness (QED) is 0.774. The van der Waals surface area contributed by atoms with Crippen molar-refractivity contribution in [3.05, 3.63) is 71.1 Å². The van der Waals surface area contributed by atoms with Gasteiger partial charge in [-0.1, -0.05) is 6.07 Å². The van der Waals surface area contributed by atoms with E-state index in [0.717, 1.165) is 23.9 Å². The van der Waals surface area contributed by atoms with Gasteiger partial charge in [0.05, 0.1) is 17.9 Å². The third-order valence-electron chi connectivity index (χ3n) is 4.67. The maximum atomic E-state index is 13.4. The van der Waals surface area contributed by atoms with Crippen LogP contribution >= 0.6 is 0 Å². The Balaban J connectivity index is 1.49. The summed E-state index contributed by atoms with van der Waals surface area (Å²) in [5, 5.41) is 15.0. The van der Waals surface area contributed by atoms with Gasteiger partial charge in [-0.2, -0.15) is 5.10 Å². The minimum absolute atomic E-state index is 0.527. The van der Waals surface area contributed by atoms with Gasteiger partial charge in [0.2, 0.25) is 0 Å². The molecule has 1 aromatic carbocycles. The number of aliphatic hydroxyl groups is 1. The summed E-state index contributed by atoms with van der Waals surface area (Å²) in [6.45, 7) is 2.57. The van der Waals surface area contributed by atoms with Gasteiger partial charge in [-0.05, 0) is 23.8 Å². The molecule has 0 unspecified atom stereocenters. The average molecular weight is 359 g/mol. The summed E-state index contributed by atoms with van der Waals surface area (Å²) in [6, 6.07) is 5.86. The lowest BCUT2D eigenvalue weighted by molar-refractivity contribution is 0.194. The monoisotopic (exact) mass is 359 g/mol. The second-order valence-corrected chi connectivity index (χ2v) is 6.54. The fourth-order valence-electron chi connectivity index (χ4n) is 3.28. The Morgan fingerprint density at radius 1 is 1.19 bits per heavy atom. The molecule has 136 valence electrons. The molecule has 1 N–H and O–H groups in total. The number of hydrogen-bond donors (Lipinski definition) is 1. The van der Waals surface area contributed by atoms with Crippen molar-refractivity contribution in [1.82, 2.24) is 24.2 Å². The Labute approximate surface area is 149 Å². The molecular formula is C18H19F2N5O. The average Bonchev–Trinajstić information content (AvgIpc) is 3.23. The Morgan fingerprint density at radius 2 is 2.04 bits per heavy atom. The molecule has 3 heterocycles. The summed E-state index contributed by atoms with van der Waals surface area (Å²) in [5.41, 5.74) is 2.26. The van der Waals surface area contributed by atoms with E-state index in [9.17, 15) is 13.9 Å². The van der Waals surface area contributed by atoms with E-state index in [2.05, 4.69) is 15.0 Å².